The van der Waals surface area contributed by atoms with Gasteiger partial charge in [0.05, 0.1) is 22.6 Å². The number of thiazole rings is 1. The van der Waals surface area contributed by atoms with Crippen molar-refractivity contribution in [2.45, 2.75) is 46.3 Å². The number of rotatable bonds is 8. The predicted octanol–water partition coefficient (Wildman–Crippen LogP) is 3.74. The van der Waals surface area contributed by atoms with Crippen LogP contribution in [0.5, 0.6) is 5.75 Å². The second-order valence-electron chi connectivity index (χ2n) is 5.28. The first-order valence-corrected chi connectivity index (χ1v) is 8.29. The van der Waals surface area contributed by atoms with Crippen molar-refractivity contribution in [3.05, 3.63) is 40.1 Å². The standard InChI is InChI=1S/C16H23N3OS/c1-4-7-17-8-13-5-6-15(9-18-13)20-10-14-11-21-16(19-14)12(2)3/h5-6,9,11-12,17H,4,7-8,10H2,1-3H3. The van der Waals surface area contributed by atoms with E-state index in [1.165, 1.54) is 0 Å². The number of hydrogen-bond donors (Lipinski definition) is 1. The molecule has 2 heterocycles. The molecule has 2 rings (SSSR count). The van der Waals surface area contributed by atoms with Gasteiger partial charge < -0.3 is 10.1 Å². The highest BCUT2D eigenvalue weighted by Crippen LogP contribution is 2.20. The van der Waals surface area contributed by atoms with Gasteiger partial charge in [-0.25, -0.2) is 4.98 Å². The molecule has 0 amide bonds. The SMILES string of the molecule is CCCNCc1ccc(OCc2csc(C(C)C)n2)cn1. The van der Waals surface area contributed by atoms with E-state index in [4.69, 9.17) is 4.74 Å². The zero-order chi connectivity index (χ0) is 15.1. The van der Waals surface area contributed by atoms with Gasteiger partial charge in [-0.15, -0.1) is 11.3 Å². The number of hydrogen-bond acceptors (Lipinski definition) is 5. The van der Waals surface area contributed by atoms with Crippen molar-refractivity contribution in [2.75, 3.05) is 6.54 Å². The van der Waals surface area contributed by atoms with Crippen LogP contribution in [0.15, 0.2) is 23.7 Å². The zero-order valence-corrected chi connectivity index (χ0v) is 13.7. The third kappa shape index (κ3) is 5.10. The maximum Gasteiger partial charge on any atom is 0.138 e. The van der Waals surface area contributed by atoms with Gasteiger partial charge in [-0.3, -0.25) is 4.98 Å². The molecule has 0 bridgehead atoms. The van der Waals surface area contributed by atoms with E-state index in [2.05, 4.69) is 41.4 Å². The van der Waals surface area contributed by atoms with Crippen LogP contribution in [0.1, 0.15) is 49.5 Å². The Labute approximate surface area is 130 Å². The summed E-state index contributed by atoms with van der Waals surface area (Å²) in [5.74, 6) is 1.26. The van der Waals surface area contributed by atoms with Gasteiger partial charge in [0.15, 0.2) is 0 Å². The molecule has 0 fully saturated rings. The highest BCUT2D eigenvalue weighted by molar-refractivity contribution is 7.09. The van der Waals surface area contributed by atoms with Crippen LogP contribution in [0.25, 0.3) is 0 Å². The Kier molecular flexibility index (Phi) is 6.14. The molecular weight excluding hydrogens is 282 g/mol. The molecule has 0 aliphatic heterocycles. The smallest absolute Gasteiger partial charge is 0.138 e. The largest absolute Gasteiger partial charge is 0.486 e. The monoisotopic (exact) mass is 305 g/mol. The van der Waals surface area contributed by atoms with Gasteiger partial charge in [0.25, 0.3) is 0 Å². The van der Waals surface area contributed by atoms with E-state index in [0.29, 0.717) is 12.5 Å². The fraction of sp³-hybridized carbons (Fsp3) is 0.500. The molecule has 0 saturated heterocycles. The van der Waals surface area contributed by atoms with Crippen LogP contribution in [-0.4, -0.2) is 16.5 Å². The third-order valence-electron chi connectivity index (χ3n) is 2.98. The summed E-state index contributed by atoms with van der Waals surface area (Å²) in [6.45, 7) is 8.77. The molecule has 0 aliphatic rings. The van der Waals surface area contributed by atoms with E-state index in [0.717, 1.165) is 41.7 Å². The first-order valence-electron chi connectivity index (χ1n) is 7.41. The van der Waals surface area contributed by atoms with Crippen molar-refractivity contribution < 1.29 is 4.74 Å². The van der Waals surface area contributed by atoms with Crippen molar-refractivity contribution in [1.29, 1.82) is 0 Å². The summed E-state index contributed by atoms with van der Waals surface area (Å²) in [5, 5.41) is 6.55. The number of nitrogens with zero attached hydrogens (tertiary/aromatic N) is 2. The van der Waals surface area contributed by atoms with E-state index in [1.54, 1.807) is 17.5 Å². The minimum atomic E-state index is 0.473. The highest BCUT2D eigenvalue weighted by Gasteiger charge is 2.06. The van der Waals surface area contributed by atoms with Crippen LogP contribution in [0.3, 0.4) is 0 Å². The summed E-state index contributed by atoms with van der Waals surface area (Å²) in [5.41, 5.74) is 2.02. The van der Waals surface area contributed by atoms with Gasteiger partial charge in [-0.2, -0.15) is 0 Å². The molecule has 0 radical (unpaired) electrons. The summed E-state index contributed by atoms with van der Waals surface area (Å²) in [7, 11) is 0. The Bertz CT molecular complexity index is 537. The van der Waals surface area contributed by atoms with Gasteiger partial charge in [-0.1, -0.05) is 20.8 Å². The first-order chi connectivity index (χ1) is 10.2. The minimum absolute atomic E-state index is 0.473. The van der Waals surface area contributed by atoms with Crippen LogP contribution in [0, 0.1) is 0 Å². The second-order valence-corrected chi connectivity index (χ2v) is 6.17. The van der Waals surface area contributed by atoms with Gasteiger partial charge in [0.2, 0.25) is 0 Å². The maximum absolute atomic E-state index is 5.73. The predicted molar refractivity (Wildman–Crippen MR) is 86.8 cm³/mol. The normalized spacial score (nSPS) is 11.0. The lowest BCUT2D eigenvalue weighted by molar-refractivity contribution is 0.300. The molecule has 0 unspecified atom stereocenters. The van der Waals surface area contributed by atoms with E-state index in [1.807, 2.05) is 12.1 Å². The lowest BCUT2D eigenvalue weighted by Crippen LogP contribution is -2.14. The zero-order valence-electron chi connectivity index (χ0n) is 12.9. The molecule has 0 saturated carbocycles. The summed E-state index contributed by atoms with van der Waals surface area (Å²) in [6, 6.07) is 3.96. The summed E-state index contributed by atoms with van der Waals surface area (Å²) in [4.78, 5) is 8.95. The molecule has 5 heteroatoms. The fourth-order valence-corrected chi connectivity index (χ4v) is 2.63. The van der Waals surface area contributed by atoms with Gasteiger partial charge in [0.1, 0.15) is 12.4 Å². The molecule has 2 aromatic rings. The Balaban J connectivity index is 1.82. The first kappa shape index (κ1) is 15.9. The van der Waals surface area contributed by atoms with Crippen molar-refractivity contribution in [3.63, 3.8) is 0 Å². The summed E-state index contributed by atoms with van der Waals surface area (Å²) >= 11 is 1.69. The molecular formula is C16H23N3OS. The van der Waals surface area contributed by atoms with Crippen molar-refractivity contribution in [1.82, 2.24) is 15.3 Å². The van der Waals surface area contributed by atoms with Gasteiger partial charge in [-0.05, 0) is 25.1 Å². The van der Waals surface area contributed by atoms with E-state index in [9.17, 15) is 0 Å². The van der Waals surface area contributed by atoms with Crippen molar-refractivity contribution >= 4 is 11.3 Å². The maximum atomic E-state index is 5.73. The minimum Gasteiger partial charge on any atom is -0.486 e. The molecule has 0 aliphatic carbocycles. The molecule has 2 aromatic heterocycles. The van der Waals surface area contributed by atoms with Crippen LogP contribution in [0.4, 0.5) is 0 Å². The molecule has 0 spiro atoms. The second kappa shape index (κ2) is 8.10. The van der Waals surface area contributed by atoms with Crippen molar-refractivity contribution in [3.8, 4) is 5.75 Å². The molecule has 21 heavy (non-hydrogen) atoms. The van der Waals surface area contributed by atoms with Crippen LogP contribution in [0.2, 0.25) is 0 Å². The Morgan fingerprint density at radius 3 is 2.76 bits per heavy atom. The number of pyridine rings is 1. The van der Waals surface area contributed by atoms with Crippen LogP contribution >= 0.6 is 11.3 Å². The topological polar surface area (TPSA) is 47.0 Å². The number of nitrogens with one attached hydrogen (secondary N) is 1. The van der Waals surface area contributed by atoms with E-state index < -0.39 is 0 Å². The average molecular weight is 305 g/mol. The number of ether oxygens (including phenoxy) is 1. The molecule has 1 N–H and O–H groups in total. The summed E-state index contributed by atoms with van der Waals surface area (Å²) < 4.78 is 5.73. The molecule has 0 aromatic carbocycles. The molecule has 4 nitrogen and oxygen atoms in total. The summed E-state index contributed by atoms with van der Waals surface area (Å²) in [6.07, 6.45) is 2.91. The van der Waals surface area contributed by atoms with Gasteiger partial charge >= 0.3 is 0 Å². The molecule has 0 atom stereocenters. The third-order valence-corrected chi connectivity index (χ3v) is 4.17. The Morgan fingerprint density at radius 2 is 2.14 bits per heavy atom. The highest BCUT2D eigenvalue weighted by atomic mass is 32.1. The average Bonchev–Trinajstić information content (AvgIpc) is 2.96. The Hall–Kier alpha value is -1.46. The van der Waals surface area contributed by atoms with Crippen LogP contribution in [-0.2, 0) is 13.2 Å². The van der Waals surface area contributed by atoms with Crippen LogP contribution < -0.4 is 10.1 Å². The lowest BCUT2D eigenvalue weighted by atomic mass is 10.2. The van der Waals surface area contributed by atoms with E-state index >= 15 is 0 Å². The number of aromatic nitrogens is 2. The quantitative estimate of drug-likeness (QED) is 0.755. The lowest BCUT2D eigenvalue weighted by Gasteiger charge is -2.06. The van der Waals surface area contributed by atoms with E-state index in [-0.39, 0.29) is 0 Å². The Morgan fingerprint density at radius 1 is 1.29 bits per heavy atom. The fourth-order valence-electron chi connectivity index (χ4n) is 1.81. The molecule has 114 valence electrons. The van der Waals surface area contributed by atoms with Gasteiger partial charge in [0, 0.05) is 17.8 Å². The van der Waals surface area contributed by atoms with Crippen molar-refractivity contribution in [2.24, 2.45) is 0 Å².